The summed E-state index contributed by atoms with van der Waals surface area (Å²) in [5.41, 5.74) is -1.75. The number of alkyl halides is 3. The zero-order chi connectivity index (χ0) is 20.4. The standard InChI is InChI=1S/C17H14F3N3O4/c1-9-7-11(3-6-15(9)23(26)27)16(25)22-14-5-4-12(21-10(2)24)8-13(14)17(18,19)20/h3-8H,1-2H3,(H,21,24)(H,22,25). The lowest BCUT2D eigenvalue weighted by Crippen LogP contribution is -2.17. The van der Waals surface area contributed by atoms with Crippen molar-refractivity contribution in [2.24, 2.45) is 0 Å². The van der Waals surface area contributed by atoms with Crippen molar-refractivity contribution in [2.45, 2.75) is 20.0 Å². The van der Waals surface area contributed by atoms with Crippen LogP contribution in [0.4, 0.5) is 30.2 Å². The van der Waals surface area contributed by atoms with Gasteiger partial charge in [0.1, 0.15) is 0 Å². The topological polar surface area (TPSA) is 101 Å². The fourth-order valence-corrected chi connectivity index (χ4v) is 2.36. The molecule has 7 nitrogen and oxygen atoms in total. The van der Waals surface area contributed by atoms with Gasteiger partial charge in [-0.05, 0) is 37.3 Å². The van der Waals surface area contributed by atoms with Crippen molar-refractivity contribution in [2.75, 3.05) is 10.6 Å². The molecule has 2 amide bonds. The Bertz CT molecular complexity index is 926. The van der Waals surface area contributed by atoms with Crippen molar-refractivity contribution in [3.8, 4) is 0 Å². The third kappa shape index (κ3) is 4.81. The summed E-state index contributed by atoms with van der Waals surface area (Å²) >= 11 is 0. The monoisotopic (exact) mass is 381 g/mol. The van der Waals surface area contributed by atoms with E-state index in [4.69, 9.17) is 0 Å². The van der Waals surface area contributed by atoms with Crippen LogP contribution in [0.5, 0.6) is 0 Å². The number of hydrogen-bond donors (Lipinski definition) is 2. The Morgan fingerprint density at radius 2 is 1.74 bits per heavy atom. The van der Waals surface area contributed by atoms with Crippen molar-refractivity contribution in [3.05, 3.63) is 63.2 Å². The number of nitro benzene ring substituents is 1. The van der Waals surface area contributed by atoms with Gasteiger partial charge in [-0.3, -0.25) is 19.7 Å². The first-order valence-corrected chi connectivity index (χ1v) is 7.54. The summed E-state index contributed by atoms with van der Waals surface area (Å²) < 4.78 is 39.9. The van der Waals surface area contributed by atoms with Gasteiger partial charge in [0.25, 0.3) is 11.6 Å². The van der Waals surface area contributed by atoms with Crippen LogP contribution in [-0.4, -0.2) is 16.7 Å². The SMILES string of the molecule is CC(=O)Nc1ccc(NC(=O)c2ccc([N+](=O)[O-])c(C)c2)c(C(F)(F)F)c1. The average molecular weight is 381 g/mol. The van der Waals surface area contributed by atoms with Gasteiger partial charge < -0.3 is 10.6 Å². The third-order valence-electron chi connectivity index (χ3n) is 3.55. The van der Waals surface area contributed by atoms with Gasteiger partial charge in [0.05, 0.1) is 16.2 Å². The Morgan fingerprint density at radius 1 is 1.07 bits per heavy atom. The summed E-state index contributed by atoms with van der Waals surface area (Å²) in [6.45, 7) is 2.57. The smallest absolute Gasteiger partial charge is 0.326 e. The van der Waals surface area contributed by atoms with Crippen LogP contribution in [0.2, 0.25) is 0 Å². The first-order chi connectivity index (χ1) is 12.5. The fraction of sp³-hybridized carbons (Fsp3) is 0.176. The van der Waals surface area contributed by atoms with Crippen LogP contribution < -0.4 is 10.6 Å². The number of nitro groups is 1. The number of anilines is 2. The van der Waals surface area contributed by atoms with E-state index in [1.54, 1.807) is 0 Å². The van der Waals surface area contributed by atoms with Gasteiger partial charge in [-0.2, -0.15) is 13.2 Å². The molecule has 0 aliphatic rings. The van der Waals surface area contributed by atoms with Crippen molar-refractivity contribution < 1.29 is 27.7 Å². The second kappa shape index (κ2) is 7.44. The molecule has 142 valence electrons. The first kappa shape index (κ1) is 19.9. The highest BCUT2D eigenvalue weighted by Gasteiger charge is 2.34. The van der Waals surface area contributed by atoms with Crippen LogP contribution in [0.15, 0.2) is 36.4 Å². The zero-order valence-electron chi connectivity index (χ0n) is 14.2. The molecule has 0 aliphatic heterocycles. The van der Waals surface area contributed by atoms with E-state index in [0.717, 1.165) is 25.1 Å². The highest BCUT2D eigenvalue weighted by atomic mass is 19.4. The molecule has 2 aromatic rings. The van der Waals surface area contributed by atoms with Gasteiger partial charge in [0.15, 0.2) is 0 Å². The van der Waals surface area contributed by atoms with Gasteiger partial charge in [-0.25, -0.2) is 0 Å². The highest BCUT2D eigenvalue weighted by Crippen LogP contribution is 2.37. The first-order valence-electron chi connectivity index (χ1n) is 7.54. The Kier molecular flexibility index (Phi) is 5.48. The maximum atomic E-state index is 13.3. The highest BCUT2D eigenvalue weighted by molar-refractivity contribution is 6.05. The molecule has 0 heterocycles. The number of benzene rings is 2. The molecule has 0 aliphatic carbocycles. The molecule has 0 unspecified atom stereocenters. The number of hydrogen-bond acceptors (Lipinski definition) is 4. The van der Waals surface area contributed by atoms with E-state index >= 15 is 0 Å². The Balaban J connectivity index is 2.35. The van der Waals surface area contributed by atoms with Crippen molar-refractivity contribution in [1.29, 1.82) is 0 Å². The predicted octanol–water partition coefficient (Wildman–Crippen LogP) is 4.13. The second-order valence-electron chi connectivity index (χ2n) is 5.65. The number of halogens is 3. The molecule has 0 bridgehead atoms. The van der Waals surface area contributed by atoms with E-state index in [9.17, 15) is 32.9 Å². The fourth-order valence-electron chi connectivity index (χ4n) is 2.36. The number of aryl methyl sites for hydroxylation is 1. The van der Waals surface area contributed by atoms with Crippen LogP contribution in [-0.2, 0) is 11.0 Å². The minimum Gasteiger partial charge on any atom is -0.326 e. The summed E-state index contributed by atoms with van der Waals surface area (Å²) in [5, 5.41) is 15.2. The summed E-state index contributed by atoms with van der Waals surface area (Å²) in [4.78, 5) is 33.5. The molecule has 27 heavy (non-hydrogen) atoms. The lowest BCUT2D eigenvalue weighted by molar-refractivity contribution is -0.385. The summed E-state index contributed by atoms with van der Waals surface area (Å²) in [6.07, 6.45) is -4.78. The molecule has 0 saturated carbocycles. The summed E-state index contributed by atoms with van der Waals surface area (Å²) in [7, 11) is 0. The third-order valence-corrected chi connectivity index (χ3v) is 3.55. The van der Waals surface area contributed by atoms with Crippen molar-refractivity contribution in [3.63, 3.8) is 0 Å². The van der Waals surface area contributed by atoms with Crippen LogP contribution in [0.3, 0.4) is 0 Å². The minimum absolute atomic E-state index is 0.0304. The quantitative estimate of drug-likeness (QED) is 0.614. The molecule has 0 aromatic heterocycles. The maximum Gasteiger partial charge on any atom is 0.418 e. The molecule has 2 aromatic carbocycles. The van der Waals surface area contributed by atoms with Gasteiger partial charge >= 0.3 is 6.18 Å². The molecule has 0 fully saturated rings. The van der Waals surface area contributed by atoms with Crippen molar-refractivity contribution in [1.82, 2.24) is 0 Å². The van der Waals surface area contributed by atoms with Crippen LogP contribution in [0.1, 0.15) is 28.4 Å². The molecule has 0 spiro atoms. The van der Waals surface area contributed by atoms with E-state index in [1.807, 2.05) is 0 Å². The Labute approximate surface area is 151 Å². The minimum atomic E-state index is -4.78. The number of nitrogens with zero attached hydrogens (tertiary/aromatic N) is 1. The maximum absolute atomic E-state index is 13.3. The van der Waals surface area contributed by atoms with E-state index in [1.165, 1.54) is 19.1 Å². The number of rotatable bonds is 4. The van der Waals surface area contributed by atoms with Crippen molar-refractivity contribution >= 4 is 28.9 Å². The van der Waals surface area contributed by atoms with Gasteiger partial charge in [0.2, 0.25) is 5.91 Å². The molecular weight excluding hydrogens is 367 g/mol. The molecular formula is C17H14F3N3O4. The molecule has 10 heteroatoms. The van der Waals surface area contributed by atoms with E-state index in [0.29, 0.717) is 6.07 Å². The lowest BCUT2D eigenvalue weighted by atomic mass is 10.1. The van der Waals surface area contributed by atoms with E-state index < -0.39 is 34.2 Å². The zero-order valence-corrected chi connectivity index (χ0v) is 14.2. The molecule has 2 rings (SSSR count). The van der Waals surface area contributed by atoms with E-state index in [-0.39, 0.29) is 22.5 Å². The van der Waals surface area contributed by atoms with Crippen LogP contribution in [0, 0.1) is 17.0 Å². The molecule has 0 atom stereocenters. The Hall–Kier alpha value is -3.43. The summed E-state index contributed by atoms with van der Waals surface area (Å²) in [5.74, 6) is -1.40. The van der Waals surface area contributed by atoms with Gasteiger partial charge in [-0.1, -0.05) is 0 Å². The van der Waals surface area contributed by atoms with Gasteiger partial charge in [-0.15, -0.1) is 0 Å². The Morgan fingerprint density at radius 3 is 2.26 bits per heavy atom. The molecule has 2 N–H and O–H groups in total. The second-order valence-corrected chi connectivity index (χ2v) is 5.65. The summed E-state index contributed by atoms with van der Waals surface area (Å²) in [6, 6.07) is 6.41. The lowest BCUT2D eigenvalue weighted by Gasteiger charge is -2.15. The number of amides is 2. The van der Waals surface area contributed by atoms with Crippen LogP contribution in [0.25, 0.3) is 0 Å². The number of nitrogens with one attached hydrogen (secondary N) is 2. The van der Waals surface area contributed by atoms with E-state index in [2.05, 4.69) is 10.6 Å². The van der Waals surface area contributed by atoms with Gasteiger partial charge in [0, 0.05) is 29.8 Å². The largest absolute Gasteiger partial charge is 0.418 e. The predicted molar refractivity (Wildman–Crippen MR) is 91.5 cm³/mol. The average Bonchev–Trinajstić information content (AvgIpc) is 2.54. The molecule has 0 radical (unpaired) electrons. The normalized spacial score (nSPS) is 11.0. The molecule has 0 saturated heterocycles. The number of carbonyl (C=O) groups excluding carboxylic acids is 2. The van der Waals surface area contributed by atoms with Crippen LogP contribution >= 0.6 is 0 Å². The number of carbonyl (C=O) groups is 2.